The van der Waals surface area contributed by atoms with Crippen molar-refractivity contribution in [1.29, 1.82) is 0 Å². The van der Waals surface area contributed by atoms with E-state index in [-0.39, 0.29) is 17.5 Å². The molecule has 4 nitrogen and oxygen atoms in total. The van der Waals surface area contributed by atoms with Gasteiger partial charge in [0, 0.05) is 5.39 Å². The Morgan fingerprint density at radius 3 is 2.43 bits per heavy atom. The summed E-state index contributed by atoms with van der Waals surface area (Å²) in [6.07, 6.45) is 5.74. The average molecular weight is 400 g/mol. The molecule has 3 aromatic carbocycles. The van der Waals surface area contributed by atoms with Crippen LogP contribution in [0.15, 0.2) is 66.7 Å². The van der Waals surface area contributed by atoms with Crippen LogP contribution in [0, 0.1) is 18.8 Å². The van der Waals surface area contributed by atoms with Gasteiger partial charge in [-0.2, -0.15) is 0 Å². The summed E-state index contributed by atoms with van der Waals surface area (Å²) >= 11 is 0. The second-order valence-electron chi connectivity index (χ2n) is 7.98. The van der Waals surface area contributed by atoms with Gasteiger partial charge in [-0.05, 0) is 54.3 Å². The second kappa shape index (κ2) is 8.15. The second-order valence-corrected chi connectivity index (χ2v) is 7.98. The first kappa shape index (κ1) is 19.9. The minimum Gasteiger partial charge on any atom is -0.478 e. The summed E-state index contributed by atoms with van der Waals surface area (Å²) in [6.45, 7) is 4.06. The zero-order chi connectivity index (χ0) is 21.3. The Kier molecular flexibility index (Phi) is 5.40. The molecule has 4 rings (SSSR count). The summed E-state index contributed by atoms with van der Waals surface area (Å²) in [7, 11) is 0. The van der Waals surface area contributed by atoms with Gasteiger partial charge in [0.15, 0.2) is 0 Å². The zero-order valence-corrected chi connectivity index (χ0v) is 17.1. The Morgan fingerprint density at radius 2 is 1.73 bits per heavy atom. The minimum atomic E-state index is -0.988. The van der Waals surface area contributed by atoms with E-state index in [9.17, 15) is 14.7 Å². The van der Waals surface area contributed by atoms with Crippen LogP contribution in [-0.4, -0.2) is 17.0 Å². The quantitative estimate of drug-likeness (QED) is 0.330. The third-order valence-corrected chi connectivity index (χ3v) is 5.68. The predicted molar refractivity (Wildman–Crippen MR) is 118 cm³/mol. The molecule has 0 aromatic heterocycles. The van der Waals surface area contributed by atoms with E-state index in [0.29, 0.717) is 17.2 Å². The lowest BCUT2D eigenvalue weighted by Crippen LogP contribution is -2.21. The standard InChI is InChI=1S/C26H24O4/c1-16-9-12-19(13-10-16)26(29)30-23-8-4-6-18-5-3-7-20(24(18)23)22-15-17(2)11-14-21(22)25(27)28/h3-9,11-12,14-16,19H,10,13H2,1-2H3,(H,27,28). The van der Waals surface area contributed by atoms with Crippen molar-refractivity contribution in [3.63, 3.8) is 0 Å². The molecule has 152 valence electrons. The van der Waals surface area contributed by atoms with Gasteiger partial charge in [-0.1, -0.05) is 67.1 Å². The zero-order valence-electron chi connectivity index (χ0n) is 17.1. The number of allylic oxidation sites excluding steroid dienone is 1. The van der Waals surface area contributed by atoms with Crippen molar-refractivity contribution in [3.8, 4) is 16.9 Å². The fourth-order valence-corrected chi connectivity index (χ4v) is 4.02. The van der Waals surface area contributed by atoms with Crippen LogP contribution in [0.1, 0.15) is 35.7 Å². The Balaban J connectivity index is 1.82. The Hall–Kier alpha value is -3.40. The van der Waals surface area contributed by atoms with Gasteiger partial charge in [0.2, 0.25) is 0 Å². The third-order valence-electron chi connectivity index (χ3n) is 5.68. The number of carboxylic acid groups (broad SMARTS) is 1. The Morgan fingerprint density at radius 1 is 0.967 bits per heavy atom. The smallest absolute Gasteiger partial charge is 0.336 e. The molecule has 3 aromatic rings. The lowest BCUT2D eigenvalue weighted by atomic mass is 9.90. The molecule has 2 unspecified atom stereocenters. The number of aryl methyl sites for hydroxylation is 1. The normalized spacial score (nSPS) is 18.3. The van der Waals surface area contributed by atoms with Gasteiger partial charge in [0.1, 0.15) is 5.75 Å². The van der Waals surface area contributed by atoms with Crippen LogP contribution in [0.5, 0.6) is 5.75 Å². The summed E-state index contributed by atoms with van der Waals surface area (Å²) in [6, 6.07) is 16.5. The fraction of sp³-hybridized carbons (Fsp3) is 0.231. The summed E-state index contributed by atoms with van der Waals surface area (Å²) in [4.78, 5) is 24.7. The van der Waals surface area contributed by atoms with Gasteiger partial charge in [-0.3, -0.25) is 4.79 Å². The Labute approximate surface area is 175 Å². The molecule has 0 aliphatic heterocycles. The molecule has 0 saturated heterocycles. The maximum Gasteiger partial charge on any atom is 0.336 e. The highest BCUT2D eigenvalue weighted by Gasteiger charge is 2.23. The Bertz CT molecular complexity index is 1150. The summed E-state index contributed by atoms with van der Waals surface area (Å²) in [5.41, 5.74) is 2.54. The SMILES string of the molecule is Cc1ccc(C(=O)O)c(-c2cccc3cccc(OC(=O)C4C=CC(C)CC4)c23)c1. The average Bonchev–Trinajstić information content (AvgIpc) is 2.73. The number of fused-ring (bicyclic) bond motifs is 1. The number of hydrogen-bond acceptors (Lipinski definition) is 3. The maximum absolute atomic E-state index is 12.8. The first-order valence-corrected chi connectivity index (χ1v) is 10.2. The van der Waals surface area contributed by atoms with E-state index < -0.39 is 5.97 Å². The van der Waals surface area contributed by atoms with Crippen molar-refractivity contribution >= 4 is 22.7 Å². The van der Waals surface area contributed by atoms with Crippen LogP contribution < -0.4 is 4.74 Å². The summed E-state index contributed by atoms with van der Waals surface area (Å²) < 4.78 is 5.86. The molecule has 0 spiro atoms. The number of carbonyl (C=O) groups is 2. The molecule has 0 bridgehead atoms. The highest BCUT2D eigenvalue weighted by Crippen LogP contribution is 2.38. The molecule has 1 N–H and O–H groups in total. The van der Waals surface area contributed by atoms with E-state index in [4.69, 9.17) is 4.74 Å². The monoisotopic (exact) mass is 400 g/mol. The number of esters is 1. The number of benzene rings is 3. The van der Waals surface area contributed by atoms with E-state index in [2.05, 4.69) is 13.0 Å². The van der Waals surface area contributed by atoms with Gasteiger partial charge in [0.25, 0.3) is 0 Å². The molecule has 30 heavy (non-hydrogen) atoms. The number of carboxylic acids is 1. The largest absolute Gasteiger partial charge is 0.478 e. The number of aromatic carboxylic acids is 1. The molecule has 4 heteroatoms. The molecule has 0 fully saturated rings. The molecule has 1 aliphatic rings. The van der Waals surface area contributed by atoms with Gasteiger partial charge in [0.05, 0.1) is 11.5 Å². The molecule has 0 heterocycles. The lowest BCUT2D eigenvalue weighted by molar-refractivity contribution is -0.137. The van der Waals surface area contributed by atoms with Crippen molar-refractivity contribution < 1.29 is 19.4 Å². The highest BCUT2D eigenvalue weighted by atomic mass is 16.5. The van der Waals surface area contributed by atoms with E-state index in [1.807, 2.05) is 49.4 Å². The van der Waals surface area contributed by atoms with Crippen LogP contribution in [0.2, 0.25) is 0 Å². The van der Waals surface area contributed by atoms with Gasteiger partial charge < -0.3 is 9.84 Å². The first-order valence-electron chi connectivity index (χ1n) is 10.2. The number of carbonyl (C=O) groups excluding carboxylic acids is 1. The van der Waals surface area contributed by atoms with Gasteiger partial charge in [-0.15, -0.1) is 0 Å². The van der Waals surface area contributed by atoms with Crippen molar-refractivity contribution in [2.75, 3.05) is 0 Å². The lowest BCUT2D eigenvalue weighted by Gasteiger charge is -2.20. The van der Waals surface area contributed by atoms with Crippen molar-refractivity contribution in [1.82, 2.24) is 0 Å². The van der Waals surface area contributed by atoms with Crippen molar-refractivity contribution in [3.05, 3.63) is 77.9 Å². The van der Waals surface area contributed by atoms with Gasteiger partial charge in [-0.25, -0.2) is 4.79 Å². The molecule has 1 aliphatic carbocycles. The number of hydrogen-bond donors (Lipinski definition) is 1. The van der Waals surface area contributed by atoms with E-state index >= 15 is 0 Å². The van der Waals surface area contributed by atoms with Crippen LogP contribution in [0.3, 0.4) is 0 Å². The maximum atomic E-state index is 12.8. The van der Waals surface area contributed by atoms with E-state index in [0.717, 1.165) is 34.7 Å². The fourth-order valence-electron chi connectivity index (χ4n) is 4.02. The van der Waals surface area contributed by atoms with Crippen LogP contribution in [-0.2, 0) is 4.79 Å². The topological polar surface area (TPSA) is 63.6 Å². The predicted octanol–water partition coefficient (Wildman–Crippen LogP) is 6.02. The highest BCUT2D eigenvalue weighted by molar-refractivity contribution is 6.06. The molecule has 2 atom stereocenters. The molecular formula is C26H24O4. The van der Waals surface area contributed by atoms with E-state index in [1.54, 1.807) is 18.2 Å². The minimum absolute atomic E-state index is 0.221. The molecule has 0 saturated carbocycles. The summed E-state index contributed by atoms with van der Waals surface area (Å²) in [5.74, 6) is -0.579. The van der Waals surface area contributed by atoms with Crippen LogP contribution in [0.4, 0.5) is 0 Å². The molecular weight excluding hydrogens is 376 g/mol. The van der Waals surface area contributed by atoms with E-state index in [1.165, 1.54) is 0 Å². The molecule has 0 radical (unpaired) electrons. The number of rotatable bonds is 4. The summed E-state index contributed by atoms with van der Waals surface area (Å²) in [5, 5.41) is 11.3. The van der Waals surface area contributed by atoms with Crippen LogP contribution >= 0.6 is 0 Å². The van der Waals surface area contributed by atoms with Crippen molar-refractivity contribution in [2.45, 2.75) is 26.7 Å². The van der Waals surface area contributed by atoms with Crippen molar-refractivity contribution in [2.24, 2.45) is 11.8 Å². The third kappa shape index (κ3) is 3.86. The molecule has 0 amide bonds. The van der Waals surface area contributed by atoms with Gasteiger partial charge >= 0.3 is 11.9 Å². The number of ether oxygens (including phenoxy) is 1. The first-order chi connectivity index (χ1) is 14.4. The van der Waals surface area contributed by atoms with Crippen LogP contribution in [0.25, 0.3) is 21.9 Å².